The van der Waals surface area contributed by atoms with E-state index in [0.29, 0.717) is 4.88 Å². The van der Waals surface area contributed by atoms with Crippen molar-refractivity contribution in [3.05, 3.63) is 33.4 Å². The summed E-state index contributed by atoms with van der Waals surface area (Å²) in [5, 5.41) is 26.0. The summed E-state index contributed by atoms with van der Waals surface area (Å²) < 4.78 is 0. The Labute approximate surface area is 88.2 Å². The lowest BCUT2D eigenvalue weighted by Crippen LogP contribution is -2.12. The fourth-order valence-corrected chi connectivity index (χ4v) is 1.85. The molecule has 0 radical (unpaired) electrons. The second-order valence-corrected chi connectivity index (χ2v) is 3.66. The second kappa shape index (κ2) is 3.55. The van der Waals surface area contributed by atoms with E-state index in [1.54, 1.807) is 18.2 Å². The molecule has 0 bridgehead atoms. The molecule has 2 rings (SSSR count). The van der Waals surface area contributed by atoms with Gasteiger partial charge < -0.3 is 5.11 Å². The molecule has 0 aliphatic carbocycles. The summed E-state index contributed by atoms with van der Waals surface area (Å²) in [6.45, 7) is 0. The minimum absolute atomic E-state index is 0.223. The van der Waals surface area contributed by atoms with Crippen molar-refractivity contribution >= 4 is 11.3 Å². The van der Waals surface area contributed by atoms with E-state index in [0.717, 1.165) is 0 Å². The van der Waals surface area contributed by atoms with E-state index in [4.69, 9.17) is 5.26 Å². The molecule has 0 amide bonds. The Bertz CT molecular complexity index is 580. The fourth-order valence-electron chi connectivity index (χ4n) is 1.13. The number of aromatic nitrogens is 2. The van der Waals surface area contributed by atoms with Crippen LogP contribution in [-0.4, -0.2) is 15.3 Å². The highest BCUT2D eigenvalue weighted by atomic mass is 32.1. The highest BCUT2D eigenvalue weighted by Gasteiger charge is 2.14. The number of hydrogen-bond donors (Lipinski definition) is 2. The van der Waals surface area contributed by atoms with Gasteiger partial charge in [-0.15, -0.1) is 11.3 Å². The van der Waals surface area contributed by atoms with Crippen LogP contribution in [0.15, 0.2) is 22.3 Å². The van der Waals surface area contributed by atoms with Crippen molar-refractivity contribution in [2.45, 2.75) is 0 Å². The lowest BCUT2D eigenvalue weighted by molar-refractivity contribution is 0.470. The van der Waals surface area contributed by atoms with Crippen molar-refractivity contribution in [2.75, 3.05) is 0 Å². The van der Waals surface area contributed by atoms with Crippen LogP contribution in [-0.2, 0) is 0 Å². The zero-order chi connectivity index (χ0) is 10.8. The predicted molar refractivity (Wildman–Crippen MR) is 54.6 cm³/mol. The molecule has 2 aromatic heterocycles. The van der Waals surface area contributed by atoms with Gasteiger partial charge in [0.25, 0.3) is 5.56 Å². The minimum Gasteiger partial charge on any atom is -0.504 e. The zero-order valence-electron chi connectivity index (χ0n) is 7.39. The Hall–Kier alpha value is -2.13. The molecule has 0 aromatic carbocycles. The number of H-pyrrole nitrogens is 1. The number of rotatable bonds is 1. The Kier molecular flexibility index (Phi) is 2.23. The maximum Gasteiger partial charge on any atom is 0.285 e. The summed E-state index contributed by atoms with van der Waals surface area (Å²) in [6, 6.07) is 5.17. The van der Waals surface area contributed by atoms with E-state index in [2.05, 4.69) is 10.2 Å². The highest BCUT2D eigenvalue weighted by Crippen LogP contribution is 2.30. The van der Waals surface area contributed by atoms with Gasteiger partial charge in [0, 0.05) is 0 Å². The van der Waals surface area contributed by atoms with Gasteiger partial charge in [-0.2, -0.15) is 10.4 Å². The minimum atomic E-state index is -0.685. The van der Waals surface area contributed by atoms with Gasteiger partial charge >= 0.3 is 0 Å². The van der Waals surface area contributed by atoms with Gasteiger partial charge in [0.05, 0.1) is 4.88 Å². The van der Waals surface area contributed by atoms with Gasteiger partial charge in [-0.1, -0.05) is 6.07 Å². The van der Waals surface area contributed by atoms with E-state index in [1.807, 2.05) is 5.38 Å². The maximum absolute atomic E-state index is 11.1. The van der Waals surface area contributed by atoms with Gasteiger partial charge in [-0.25, -0.2) is 5.10 Å². The van der Waals surface area contributed by atoms with Crippen molar-refractivity contribution in [3.63, 3.8) is 0 Å². The van der Waals surface area contributed by atoms with E-state index in [1.165, 1.54) is 11.3 Å². The van der Waals surface area contributed by atoms with Crippen LogP contribution < -0.4 is 5.56 Å². The van der Waals surface area contributed by atoms with Crippen LogP contribution in [0.25, 0.3) is 10.6 Å². The highest BCUT2D eigenvalue weighted by molar-refractivity contribution is 7.13. The van der Waals surface area contributed by atoms with Crippen molar-refractivity contribution in [3.8, 4) is 22.4 Å². The van der Waals surface area contributed by atoms with Crippen molar-refractivity contribution in [1.29, 1.82) is 5.26 Å². The summed E-state index contributed by atoms with van der Waals surface area (Å²) in [6.07, 6.45) is 0. The first kappa shape index (κ1) is 9.43. The Balaban J connectivity index is 2.72. The molecule has 2 heterocycles. The first-order chi connectivity index (χ1) is 7.24. The number of aromatic hydroxyl groups is 1. The van der Waals surface area contributed by atoms with Gasteiger partial charge in [0.15, 0.2) is 11.3 Å². The Morgan fingerprint density at radius 3 is 3.00 bits per heavy atom. The number of nitrogens with one attached hydrogen (secondary N) is 1. The predicted octanol–water partition coefficient (Wildman–Crippen LogP) is 1.08. The van der Waals surface area contributed by atoms with Crippen molar-refractivity contribution in [1.82, 2.24) is 10.2 Å². The summed E-state index contributed by atoms with van der Waals surface area (Å²) >= 11 is 1.36. The Morgan fingerprint density at radius 2 is 2.40 bits per heavy atom. The molecule has 6 heteroatoms. The van der Waals surface area contributed by atoms with Crippen molar-refractivity contribution < 1.29 is 5.11 Å². The molecule has 0 saturated carbocycles. The topological polar surface area (TPSA) is 89.8 Å². The molecule has 2 aromatic rings. The van der Waals surface area contributed by atoms with Gasteiger partial charge in [0.1, 0.15) is 11.8 Å². The van der Waals surface area contributed by atoms with E-state index in [-0.39, 0.29) is 17.0 Å². The van der Waals surface area contributed by atoms with Gasteiger partial charge in [-0.05, 0) is 11.4 Å². The number of nitriles is 1. The van der Waals surface area contributed by atoms with Crippen molar-refractivity contribution in [2.24, 2.45) is 0 Å². The van der Waals surface area contributed by atoms with Crippen LogP contribution in [0.1, 0.15) is 5.56 Å². The van der Waals surface area contributed by atoms with Gasteiger partial charge in [0.2, 0.25) is 0 Å². The molecule has 0 fully saturated rings. The SMILES string of the molecule is N#Cc1c(O)c(-c2cccs2)n[nH]c1=O. The molecule has 0 saturated heterocycles. The van der Waals surface area contributed by atoms with E-state index >= 15 is 0 Å². The largest absolute Gasteiger partial charge is 0.504 e. The molecule has 0 aliphatic rings. The van der Waals surface area contributed by atoms with E-state index in [9.17, 15) is 9.90 Å². The summed E-state index contributed by atoms with van der Waals surface area (Å²) in [4.78, 5) is 11.8. The second-order valence-electron chi connectivity index (χ2n) is 2.71. The molecule has 0 aliphatic heterocycles. The average Bonchev–Trinajstić information content (AvgIpc) is 2.71. The third kappa shape index (κ3) is 1.49. The number of thiophene rings is 1. The lowest BCUT2D eigenvalue weighted by Gasteiger charge is -2.00. The van der Waals surface area contributed by atoms with Crippen LogP contribution in [0.5, 0.6) is 5.75 Å². The summed E-state index contributed by atoms with van der Waals surface area (Å²) in [5.41, 5.74) is -0.773. The van der Waals surface area contributed by atoms with Crippen LogP contribution in [0.2, 0.25) is 0 Å². The number of hydrogen-bond acceptors (Lipinski definition) is 5. The molecule has 5 nitrogen and oxygen atoms in total. The zero-order valence-corrected chi connectivity index (χ0v) is 8.21. The molecule has 15 heavy (non-hydrogen) atoms. The van der Waals surface area contributed by atoms with E-state index < -0.39 is 5.56 Å². The average molecular weight is 219 g/mol. The Morgan fingerprint density at radius 1 is 1.60 bits per heavy atom. The smallest absolute Gasteiger partial charge is 0.285 e. The molecule has 74 valence electrons. The quantitative estimate of drug-likeness (QED) is 0.750. The summed E-state index contributed by atoms with van der Waals surface area (Å²) in [5.74, 6) is -0.372. The number of aromatic amines is 1. The maximum atomic E-state index is 11.1. The molecule has 0 spiro atoms. The van der Waals surface area contributed by atoms with Crippen LogP contribution in [0.4, 0.5) is 0 Å². The third-order valence-electron chi connectivity index (χ3n) is 1.82. The molecular weight excluding hydrogens is 214 g/mol. The monoisotopic (exact) mass is 219 g/mol. The molecule has 0 unspecified atom stereocenters. The van der Waals surface area contributed by atoms with Crippen LogP contribution in [0, 0.1) is 11.3 Å². The van der Waals surface area contributed by atoms with Crippen LogP contribution in [0.3, 0.4) is 0 Å². The first-order valence-corrected chi connectivity index (χ1v) is 4.87. The third-order valence-corrected chi connectivity index (χ3v) is 2.70. The standard InChI is InChI=1S/C9H5N3O2S/c10-4-5-8(13)7(11-12-9(5)14)6-2-1-3-15-6/h1-3H,(H2,12,13,14). The lowest BCUT2D eigenvalue weighted by atomic mass is 10.2. The van der Waals surface area contributed by atoms with Crippen LogP contribution >= 0.6 is 11.3 Å². The normalized spacial score (nSPS) is 9.80. The first-order valence-electron chi connectivity index (χ1n) is 3.99. The summed E-state index contributed by atoms with van der Waals surface area (Å²) in [7, 11) is 0. The number of nitrogens with zero attached hydrogens (tertiary/aromatic N) is 2. The molecular formula is C9H5N3O2S. The van der Waals surface area contributed by atoms with Gasteiger partial charge in [-0.3, -0.25) is 4.79 Å². The molecule has 0 atom stereocenters. The molecule has 2 N–H and O–H groups in total. The fraction of sp³-hybridized carbons (Fsp3) is 0.